The van der Waals surface area contributed by atoms with Crippen LogP contribution in [0, 0.1) is 11.3 Å². The molecule has 4 rings (SSSR count). The summed E-state index contributed by atoms with van der Waals surface area (Å²) >= 11 is 0. The van der Waals surface area contributed by atoms with Gasteiger partial charge in [-0.3, -0.25) is 9.69 Å². The fraction of sp³-hybridized carbons (Fsp3) is 0.667. The Morgan fingerprint density at radius 1 is 1.16 bits per heavy atom. The number of carboxylic acid groups (broad SMARTS) is 1. The summed E-state index contributed by atoms with van der Waals surface area (Å²) in [5.74, 6) is -1.06. The summed E-state index contributed by atoms with van der Waals surface area (Å²) in [6.45, 7) is 10.4. The van der Waals surface area contributed by atoms with Crippen molar-refractivity contribution in [1.29, 1.82) is 0 Å². The van der Waals surface area contributed by atoms with Gasteiger partial charge in [-0.1, -0.05) is 27.2 Å². The van der Waals surface area contributed by atoms with Crippen LogP contribution in [-0.2, 0) is 14.3 Å². The van der Waals surface area contributed by atoms with Gasteiger partial charge >= 0.3 is 6.09 Å². The predicted octanol–water partition coefficient (Wildman–Crippen LogP) is 3.89. The highest BCUT2D eigenvalue weighted by molar-refractivity contribution is 5.97. The van der Waals surface area contributed by atoms with E-state index in [-0.39, 0.29) is 11.8 Å². The monoisotopic (exact) mass is 515 g/mol. The molecular weight excluding hydrogens is 474 g/mol. The summed E-state index contributed by atoms with van der Waals surface area (Å²) in [4.78, 5) is 28.7. The predicted molar refractivity (Wildman–Crippen MR) is 141 cm³/mol. The van der Waals surface area contributed by atoms with Crippen molar-refractivity contribution in [3.8, 4) is 0 Å². The number of benzene rings is 1. The molecule has 2 amide bonds. The zero-order valence-corrected chi connectivity index (χ0v) is 22.3. The van der Waals surface area contributed by atoms with E-state index in [1.807, 2.05) is 45.0 Å². The maximum absolute atomic E-state index is 12.5. The summed E-state index contributed by atoms with van der Waals surface area (Å²) < 4.78 is 11.7. The number of carbonyl (C=O) groups is 2. The van der Waals surface area contributed by atoms with E-state index in [1.165, 1.54) is 24.2 Å². The van der Waals surface area contributed by atoms with Gasteiger partial charge < -0.3 is 24.8 Å². The zero-order chi connectivity index (χ0) is 26.5. The van der Waals surface area contributed by atoms with Crippen molar-refractivity contribution in [2.45, 2.75) is 65.1 Å². The summed E-state index contributed by atoms with van der Waals surface area (Å²) in [5, 5.41) is 17.6. The first-order valence-electron chi connectivity index (χ1n) is 13.5. The Bertz CT molecular complexity index is 964. The lowest BCUT2D eigenvalue weighted by molar-refractivity contribution is -0.159. The van der Waals surface area contributed by atoms with Crippen molar-refractivity contribution in [3.05, 3.63) is 29.8 Å². The molecule has 2 saturated heterocycles. The number of hydrogen-bond acceptors (Lipinski definition) is 7. The minimum absolute atomic E-state index is 0.000534. The van der Waals surface area contributed by atoms with Crippen LogP contribution >= 0.6 is 0 Å². The van der Waals surface area contributed by atoms with E-state index in [0.29, 0.717) is 43.3 Å². The molecule has 1 aromatic carbocycles. The van der Waals surface area contributed by atoms with Crippen LogP contribution in [0.5, 0.6) is 0 Å². The number of piperidine rings is 1. The first-order valence-corrected chi connectivity index (χ1v) is 13.5. The number of amides is 2. The van der Waals surface area contributed by atoms with Crippen molar-refractivity contribution < 1.29 is 24.2 Å². The van der Waals surface area contributed by atoms with E-state index >= 15 is 0 Å². The molecule has 3 aliphatic heterocycles. The van der Waals surface area contributed by atoms with Crippen LogP contribution in [-0.4, -0.2) is 78.0 Å². The molecule has 3 aliphatic rings. The first kappa shape index (κ1) is 27.2. The van der Waals surface area contributed by atoms with Gasteiger partial charge in [-0.05, 0) is 76.0 Å². The normalized spacial score (nSPS) is 23.1. The van der Waals surface area contributed by atoms with E-state index in [0.717, 1.165) is 32.5 Å². The summed E-state index contributed by atoms with van der Waals surface area (Å²) in [6.07, 6.45) is 4.80. The number of likely N-dealkylation sites (tertiary alicyclic amines) is 1. The van der Waals surface area contributed by atoms with Crippen molar-refractivity contribution in [2.24, 2.45) is 16.4 Å². The van der Waals surface area contributed by atoms with Crippen LogP contribution in [0.25, 0.3) is 0 Å². The molecule has 0 saturated carbocycles. The lowest BCUT2D eigenvalue weighted by Crippen LogP contribution is -2.66. The fourth-order valence-electron chi connectivity index (χ4n) is 5.20. The molecule has 1 aromatic rings. The highest BCUT2D eigenvalue weighted by Crippen LogP contribution is 2.39. The van der Waals surface area contributed by atoms with E-state index in [2.05, 4.69) is 20.7 Å². The maximum Gasteiger partial charge on any atom is 0.411 e. The van der Waals surface area contributed by atoms with Crippen molar-refractivity contribution in [1.82, 2.24) is 15.2 Å². The minimum atomic E-state index is -1.34. The number of ether oxygens (including phenoxy) is 2. The third kappa shape index (κ3) is 6.35. The van der Waals surface area contributed by atoms with Crippen molar-refractivity contribution in [2.75, 3.05) is 44.7 Å². The van der Waals surface area contributed by atoms with E-state index in [4.69, 9.17) is 9.47 Å². The number of carbonyl (C=O) groups excluding carboxylic acids is 1. The van der Waals surface area contributed by atoms with Crippen LogP contribution < -0.4 is 10.7 Å². The van der Waals surface area contributed by atoms with Crippen LogP contribution in [0.1, 0.15) is 64.9 Å². The zero-order valence-electron chi connectivity index (χ0n) is 22.3. The van der Waals surface area contributed by atoms with Gasteiger partial charge in [-0.2, -0.15) is 0 Å². The van der Waals surface area contributed by atoms with Crippen molar-refractivity contribution >= 4 is 23.6 Å². The van der Waals surface area contributed by atoms with Gasteiger partial charge in [-0.25, -0.2) is 10.2 Å². The highest BCUT2D eigenvalue weighted by Gasteiger charge is 2.55. The van der Waals surface area contributed by atoms with Crippen LogP contribution in [0.15, 0.2) is 29.4 Å². The Kier molecular flexibility index (Phi) is 8.59. The molecule has 0 spiro atoms. The molecule has 1 atom stereocenters. The average molecular weight is 516 g/mol. The van der Waals surface area contributed by atoms with Gasteiger partial charge in [0.1, 0.15) is 0 Å². The Balaban J connectivity index is 1.41. The number of hydrazone groups is 1. The minimum Gasteiger partial charge on any atom is -0.465 e. The Morgan fingerprint density at radius 2 is 1.84 bits per heavy atom. The molecule has 0 aromatic heterocycles. The molecule has 37 heavy (non-hydrogen) atoms. The molecule has 204 valence electrons. The molecule has 10 heteroatoms. The lowest BCUT2D eigenvalue weighted by atomic mass is 9.88. The topological polar surface area (TPSA) is 116 Å². The lowest BCUT2D eigenvalue weighted by Gasteiger charge is -2.46. The molecule has 3 heterocycles. The molecule has 10 nitrogen and oxygen atoms in total. The van der Waals surface area contributed by atoms with Crippen molar-refractivity contribution in [3.63, 3.8) is 0 Å². The Hall–Kier alpha value is -2.85. The molecular formula is C27H41N5O5. The molecule has 0 radical (unpaired) electrons. The van der Waals surface area contributed by atoms with Gasteiger partial charge in [0.05, 0.1) is 0 Å². The molecule has 0 bridgehead atoms. The van der Waals surface area contributed by atoms with Gasteiger partial charge in [0, 0.05) is 42.3 Å². The first-order chi connectivity index (χ1) is 17.7. The number of nitrogens with zero attached hydrogens (tertiary/aromatic N) is 3. The maximum atomic E-state index is 12.5. The van der Waals surface area contributed by atoms with E-state index < -0.39 is 17.4 Å². The number of anilines is 1. The van der Waals surface area contributed by atoms with Gasteiger partial charge in [0.2, 0.25) is 11.8 Å². The smallest absolute Gasteiger partial charge is 0.411 e. The van der Waals surface area contributed by atoms with Crippen LogP contribution in [0.2, 0.25) is 0 Å². The van der Waals surface area contributed by atoms with Gasteiger partial charge in [0.15, 0.2) is 0 Å². The SMILES string of the molecule is CC(C)(C)C1(N(CCCN2CCCCC2)C(=O)O)NN=C(c2ccc(NC(=O)C3CCOCC3)cc2)O1. The van der Waals surface area contributed by atoms with Gasteiger partial charge in [-0.15, -0.1) is 5.10 Å². The standard InChI is InChI=1S/C27H41N5O5/c1-26(2,3)27(32(25(34)35)17-7-16-31-14-5-4-6-15-31)30-29-24(37-27)21-8-10-22(11-9-21)28-23(33)20-12-18-36-19-13-20/h8-11,20,30H,4-7,12-19H2,1-3H3,(H,28,33)(H,34,35). The number of nitrogens with one attached hydrogen (secondary N) is 2. The molecule has 3 N–H and O–H groups in total. The number of rotatable bonds is 8. The quantitative estimate of drug-likeness (QED) is 0.481. The summed E-state index contributed by atoms with van der Waals surface area (Å²) in [5.41, 5.74) is 3.81. The molecule has 1 unspecified atom stereocenters. The highest BCUT2D eigenvalue weighted by atomic mass is 16.6. The van der Waals surface area contributed by atoms with E-state index in [1.54, 1.807) is 0 Å². The Morgan fingerprint density at radius 3 is 2.46 bits per heavy atom. The van der Waals surface area contributed by atoms with Crippen LogP contribution in [0.4, 0.5) is 10.5 Å². The molecule has 2 fully saturated rings. The Labute approximate surface area is 219 Å². The second-order valence-corrected chi connectivity index (χ2v) is 11.2. The number of hydrogen-bond donors (Lipinski definition) is 3. The summed E-state index contributed by atoms with van der Waals surface area (Å²) in [6, 6.07) is 7.26. The summed E-state index contributed by atoms with van der Waals surface area (Å²) in [7, 11) is 0. The second kappa shape index (κ2) is 11.7. The van der Waals surface area contributed by atoms with E-state index in [9.17, 15) is 14.7 Å². The fourth-order valence-corrected chi connectivity index (χ4v) is 5.20. The third-order valence-corrected chi connectivity index (χ3v) is 7.48. The average Bonchev–Trinajstić information content (AvgIpc) is 3.35. The largest absolute Gasteiger partial charge is 0.465 e. The van der Waals surface area contributed by atoms with Crippen LogP contribution in [0.3, 0.4) is 0 Å². The second-order valence-electron chi connectivity index (χ2n) is 11.2. The van der Waals surface area contributed by atoms with Gasteiger partial charge in [0.25, 0.3) is 5.85 Å². The molecule has 0 aliphatic carbocycles. The third-order valence-electron chi connectivity index (χ3n) is 7.48.